The molecule has 2 fully saturated rings. The summed E-state index contributed by atoms with van der Waals surface area (Å²) in [6.45, 7) is 8.44. The van der Waals surface area contributed by atoms with Crippen molar-refractivity contribution in [2.24, 2.45) is 11.8 Å². The van der Waals surface area contributed by atoms with E-state index >= 15 is 0 Å². The number of fused-ring (bicyclic) bond motifs is 1. The Morgan fingerprint density at radius 3 is 2.82 bits per heavy atom. The van der Waals surface area contributed by atoms with Crippen LogP contribution in [0.5, 0.6) is 0 Å². The molecule has 2 rings (SSSR count). The van der Waals surface area contributed by atoms with Crippen LogP contribution in [0, 0.1) is 11.8 Å². The van der Waals surface area contributed by atoms with Crippen LogP contribution in [0.25, 0.3) is 0 Å². The van der Waals surface area contributed by atoms with E-state index in [-0.39, 0.29) is 0 Å². The Bertz CT molecular complexity index is 297. The summed E-state index contributed by atoms with van der Waals surface area (Å²) in [4.78, 5) is 14.5. The number of amides is 1. The molecular formula is C15H25NO. The zero-order valence-corrected chi connectivity index (χ0v) is 11.2. The van der Waals surface area contributed by atoms with Gasteiger partial charge in [-0.15, -0.1) is 6.58 Å². The highest BCUT2D eigenvalue weighted by Crippen LogP contribution is 2.39. The summed E-state index contributed by atoms with van der Waals surface area (Å²) < 4.78 is 0. The van der Waals surface area contributed by atoms with E-state index in [0.717, 1.165) is 19.3 Å². The fraction of sp³-hybridized carbons (Fsp3) is 0.800. The number of hydrogen-bond acceptors (Lipinski definition) is 1. The van der Waals surface area contributed by atoms with Crippen LogP contribution in [-0.2, 0) is 4.79 Å². The number of nitrogens with zero attached hydrogens (tertiary/aromatic N) is 1. The van der Waals surface area contributed by atoms with Gasteiger partial charge in [0, 0.05) is 18.5 Å². The standard InChI is InChI=1S/C15H25NO/c1-4-6-12-9-10-14-13(11(2)3)7-5-8-15(17)16(12)14/h4,11-14H,1,5-10H2,2-3H3/t12-,13-,14-/m1/s1. The Hall–Kier alpha value is -0.790. The molecule has 2 heteroatoms. The van der Waals surface area contributed by atoms with Crippen LogP contribution < -0.4 is 0 Å². The molecule has 0 unspecified atom stereocenters. The quantitative estimate of drug-likeness (QED) is 0.687. The largest absolute Gasteiger partial charge is 0.336 e. The van der Waals surface area contributed by atoms with Crippen molar-refractivity contribution in [3.05, 3.63) is 12.7 Å². The van der Waals surface area contributed by atoms with Gasteiger partial charge in [-0.05, 0) is 43.9 Å². The number of carbonyl (C=O) groups excluding carboxylic acids is 1. The smallest absolute Gasteiger partial charge is 0.223 e. The zero-order valence-electron chi connectivity index (χ0n) is 11.2. The molecule has 0 aromatic heterocycles. The molecule has 2 nitrogen and oxygen atoms in total. The van der Waals surface area contributed by atoms with E-state index in [1.165, 1.54) is 19.3 Å². The monoisotopic (exact) mass is 235 g/mol. The lowest BCUT2D eigenvalue weighted by Gasteiger charge is -2.34. The molecule has 0 radical (unpaired) electrons. The third kappa shape index (κ3) is 2.41. The van der Waals surface area contributed by atoms with Crippen LogP contribution >= 0.6 is 0 Å². The summed E-state index contributed by atoms with van der Waals surface area (Å²) in [6.07, 6.45) is 8.37. The van der Waals surface area contributed by atoms with Gasteiger partial charge in [0.05, 0.1) is 0 Å². The Kier molecular flexibility index (Phi) is 3.90. The van der Waals surface area contributed by atoms with Crippen molar-refractivity contribution in [3.63, 3.8) is 0 Å². The Balaban J connectivity index is 2.19. The Labute approximate surface area is 105 Å². The Morgan fingerprint density at radius 2 is 2.18 bits per heavy atom. The lowest BCUT2D eigenvalue weighted by atomic mass is 9.84. The maximum Gasteiger partial charge on any atom is 0.223 e. The predicted molar refractivity (Wildman–Crippen MR) is 70.6 cm³/mol. The third-order valence-corrected chi connectivity index (χ3v) is 4.55. The topological polar surface area (TPSA) is 20.3 Å². The van der Waals surface area contributed by atoms with Gasteiger partial charge >= 0.3 is 0 Å². The van der Waals surface area contributed by atoms with Gasteiger partial charge in [0.25, 0.3) is 0 Å². The molecule has 0 aromatic rings. The molecule has 0 aromatic carbocycles. The first-order chi connectivity index (χ1) is 8.15. The van der Waals surface area contributed by atoms with Crippen molar-refractivity contribution in [1.29, 1.82) is 0 Å². The fourth-order valence-corrected chi connectivity index (χ4v) is 3.73. The van der Waals surface area contributed by atoms with Gasteiger partial charge < -0.3 is 4.90 Å². The number of hydrogen-bond donors (Lipinski definition) is 0. The van der Waals surface area contributed by atoms with Gasteiger partial charge in [0.15, 0.2) is 0 Å². The van der Waals surface area contributed by atoms with E-state index in [1.807, 2.05) is 6.08 Å². The fourth-order valence-electron chi connectivity index (χ4n) is 3.73. The first-order valence-electron chi connectivity index (χ1n) is 7.07. The molecule has 0 aliphatic carbocycles. The minimum absolute atomic E-state index is 0.391. The van der Waals surface area contributed by atoms with E-state index in [0.29, 0.717) is 29.8 Å². The highest BCUT2D eigenvalue weighted by Gasteiger charge is 2.42. The third-order valence-electron chi connectivity index (χ3n) is 4.55. The van der Waals surface area contributed by atoms with Crippen molar-refractivity contribution in [2.75, 3.05) is 0 Å². The molecule has 96 valence electrons. The summed E-state index contributed by atoms with van der Waals surface area (Å²) in [5.74, 6) is 1.79. The Morgan fingerprint density at radius 1 is 1.41 bits per heavy atom. The van der Waals surface area contributed by atoms with Crippen LogP contribution in [0.1, 0.15) is 52.4 Å². The zero-order chi connectivity index (χ0) is 12.4. The SMILES string of the molecule is C=CC[C@@H]1CC[C@@H]2[C@@H](C(C)C)CCCC(=O)N12. The summed E-state index contributed by atoms with van der Waals surface area (Å²) in [7, 11) is 0. The van der Waals surface area contributed by atoms with Gasteiger partial charge in [-0.3, -0.25) is 4.79 Å². The molecule has 3 atom stereocenters. The van der Waals surface area contributed by atoms with Gasteiger partial charge in [-0.25, -0.2) is 0 Å². The normalized spacial score (nSPS) is 33.7. The van der Waals surface area contributed by atoms with Crippen LogP contribution in [0.4, 0.5) is 0 Å². The van der Waals surface area contributed by atoms with Gasteiger partial charge in [0.1, 0.15) is 0 Å². The molecular weight excluding hydrogens is 210 g/mol. The molecule has 1 amide bonds. The van der Waals surface area contributed by atoms with Gasteiger partial charge in [0.2, 0.25) is 5.91 Å². The van der Waals surface area contributed by atoms with E-state index in [4.69, 9.17) is 0 Å². The minimum Gasteiger partial charge on any atom is -0.336 e. The summed E-state index contributed by atoms with van der Waals surface area (Å²) in [6, 6.07) is 0.944. The molecule has 0 N–H and O–H groups in total. The molecule has 17 heavy (non-hydrogen) atoms. The summed E-state index contributed by atoms with van der Waals surface area (Å²) >= 11 is 0. The van der Waals surface area contributed by atoms with Crippen LogP contribution in [0.2, 0.25) is 0 Å². The molecule has 2 aliphatic rings. The van der Waals surface area contributed by atoms with Crippen molar-refractivity contribution in [2.45, 2.75) is 64.5 Å². The maximum absolute atomic E-state index is 12.2. The van der Waals surface area contributed by atoms with E-state index in [9.17, 15) is 4.79 Å². The summed E-state index contributed by atoms with van der Waals surface area (Å²) in [5.41, 5.74) is 0. The predicted octanol–water partition coefficient (Wildman–Crippen LogP) is 3.38. The first-order valence-corrected chi connectivity index (χ1v) is 7.07. The van der Waals surface area contributed by atoms with Crippen LogP contribution in [0.15, 0.2) is 12.7 Å². The highest BCUT2D eigenvalue weighted by atomic mass is 16.2. The second-order valence-electron chi connectivity index (χ2n) is 5.92. The van der Waals surface area contributed by atoms with Crippen molar-refractivity contribution >= 4 is 5.91 Å². The van der Waals surface area contributed by atoms with Crippen molar-refractivity contribution in [3.8, 4) is 0 Å². The number of rotatable bonds is 3. The van der Waals surface area contributed by atoms with Gasteiger partial charge in [-0.2, -0.15) is 0 Å². The maximum atomic E-state index is 12.2. The average Bonchev–Trinajstić information content (AvgIpc) is 2.60. The lowest BCUT2D eigenvalue weighted by Crippen LogP contribution is -2.43. The second kappa shape index (κ2) is 5.24. The lowest BCUT2D eigenvalue weighted by molar-refractivity contribution is -0.134. The van der Waals surface area contributed by atoms with Crippen molar-refractivity contribution in [1.82, 2.24) is 4.90 Å². The first kappa shape index (κ1) is 12.7. The average molecular weight is 235 g/mol. The minimum atomic E-state index is 0.391. The van der Waals surface area contributed by atoms with E-state index in [2.05, 4.69) is 25.3 Å². The van der Waals surface area contributed by atoms with Gasteiger partial charge in [-0.1, -0.05) is 19.9 Å². The second-order valence-corrected chi connectivity index (χ2v) is 5.92. The van der Waals surface area contributed by atoms with E-state index in [1.54, 1.807) is 0 Å². The number of carbonyl (C=O) groups is 1. The highest BCUT2D eigenvalue weighted by molar-refractivity contribution is 5.77. The summed E-state index contributed by atoms with van der Waals surface area (Å²) in [5, 5.41) is 0. The van der Waals surface area contributed by atoms with Crippen molar-refractivity contribution < 1.29 is 4.79 Å². The van der Waals surface area contributed by atoms with Crippen LogP contribution in [0.3, 0.4) is 0 Å². The molecule has 0 bridgehead atoms. The molecule has 2 aliphatic heterocycles. The van der Waals surface area contributed by atoms with E-state index < -0.39 is 0 Å². The molecule has 2 heterocycles. The molecule has 0 spiro atoms. The van der Waals surface area contributed by atoms with Crippen LogP contribution in [-0.4, -0.2) is 22.9 Å². The molecule has 0 saturated carbocycles. The molecule has 2 saturated heterocycles.